The van der Waals surface area contributed by atoms with Gasteiger partial charge in [-0.3, -0.25) is 20.2 Å². The van der Waals surface area contributed by atoms with E-state index in [0.717, 1.165) is 0 Å². The summed E-state index contributed by atoms with van der Waals surface area (Å²) in [5.41, 5.74) is 0.909. The standard InChI is InChI=1S/C14H10Cl2N2O4/c1-8-10(11(15)5-6-13(8)17(19)20)7-9-3-2-4-12(16)14(9)18(21)22/h2-6H,7H2,1H3. The van der Waals surface area contributed by atoms with Crippen molar-refractivity contribution in [1.82, 2.24) is 0 Å². The maximum Gasteiger partial charge on any atom is 0.291 e. The van der Waals surface area contributed by atoms with E-state index in [-0.39, 0.29) is 22.8 Å². The van der Waals surface area contributed by atoms with Crippen molar-refractivity contribution in [3.63, 3.8) is 0 Å². The number of para-hydroxylation sites is 1. The fraction of sp³-hybridized carbons (Fsp3) is 0.143. The highest BCUT2D eigenvalue weighted by atomic mass is 35.5. The summed E-state index contributed by atoms with van der Waals surface area (Å²) in [5, 5.41) is 22.5. The first kappa shape index (κ1) is 16.2. The van der Waals surface area contributed by atoms with Crippen LogP contribution in [0.2, 0.25) is 10.0 Å². The smallest absolute Gasteiger partial charge is 0.258 e. The van der Waals surface area contributed by atoms with Gasteiger partial charge in [-0.2, -0.15) is 0 Å². The number of nitro groups is 2. The zero-order valence-corrected chi connectivity index (χ0v) is 12.9. The van der Waals surface area contributed by atoms with Crippen molar-refractivity contribution >= 4 is 34.6 Å². The van der Waals surface area contributed by atoms with Gasteiger partial charge in [-0.1, -0.05) is 35.3 Å². The molecule has 6 nitrogen and oxygen atoms in total. The summed E-state index contributed by atoms with van der Waals surface area (Å²) >= 11 is 12.0. The fourth-order valence-corrected chi connectivity index (χ4v) is 2.76. The lowest BCUT2D eigenvalue weighted by molar-refractivity contribution is -0.385. The van der Waals surface area contributed by atoms with Crippen LogP contribution < -0.4 is 0 Å². The Labute approximate surface area is 135 Å². The largest absolute Gasteiger partial charge is 0.291 e. The number of benzene rings is 2. The van der Waals surface area contributed by atoms with Gasteiger partial charge in [-0.15, -0.1) is 0 Å². The van der Waals surface area contributed by atoms with E-state index in [4.69, 9.17) is 23.2 Å². The molecule has 0 aromatic heterocycles. The van der Waals surface area contributed by atoms with Gasteiger partial charge in [0.1, 0.15) is 5.02 Å². The van der Waals surface area contributed by atoms with E-state index in [0.29, 0.717) is 21.7 Å². The summed E-state index contributed by atoms with van der Waals surface area (Å²) in [7, 11) is 0. The number of nitro benzene ring substituents is 2. The van der Waals surface area contributed by atoms with E-state index < -0.39 is 9.85 Å². The van der Waals surface area contributed by atoms with E-state index in [2.05, 4.69) is 0 Å². The van der Waals surface area contributed by atoms with Gasteiger partial charge in [-0.25, -0.2) is 0 Å². The predicted octanol–water partition coefficient (Wildman–Crippen LogP) is 4.71. The number of nitrogens with zero attached hydrogens (tertiary/aromatic N) is 2. The first-order valence-electron chi connectivity index (χ1n) is 6.17. The Morgan fingerprint density at radius 3 is 2.27 bits per heavy atom. The minimum atomic E-state index is -0.571. The van der Waals surface area contributed by atoms with Gasteiger partial charge < -0.3 is 0 Å². The first-order chi connectivity index (χ1) is 10.3. The van der Waals surface area contributed by atoms with Crippen LogP contribution in [0.5, 0.6) is 0 Å². The molecule has 0 bridgehead atoms. The molecular weight excluding hydrogens is 331 g/mol. The van der Waals surface area contributed by atoms with Crippen LogP contribution in [0.3, 0.4) is 0 Å². The van der Waals surface area contributed by atoms with Gasteiger partial charge in [0.2, 0.25) is 0 Å². The quantitative estimate of drug-likeness (QED) is 0.595. The lowest BCUT2D eigenvalue weighted by Crippen LogP contribution is -2.02. The number of hydrogen-bond acceptors (Lipinski definition) is 4. The summed E-state index contributed by atoms with van der Waals surface area (Å²) in [6.45, 7) is 1.57. The summed E-state index contributed by atoms with van der Waals surface area (Å²) in [4.78, 5) is 21.1. The van der Waals surface area contributed by atoms with Crippen LogP contribution in [0.25, 0.3) is 0 Å². The molecule has 0 amide bonds. The highest BCUT2D eigenvalue weighted by molar-refractivity contribution is 6.33. The van der Waals surface area contributed by atoms with Gasteiger partial charge in [0.25, 0.3) is 11.4 Å². The van der Waals surface area contributed by atoms with Crippen LogP contribution >= 0.6 is 23.2 Å². The van der Waals surface area contributed by atoms with E-state index in [1.165, 1.54) is 18.2 Å². The van der Waals surface area contributed by atoms with Gasteiger partial charge in [0, 0.05) is 28.6 Å². The Balaban J connectivity index is 2.57. The van der Waals surface area contributed by atoms with Crippen molar-refractivity contribution in [3.8, 4) is 0 Å². The van der Waals surface area contributed by atoms with Crippen LogP contribution in [0.4, 0.5) is 11.4 Å². The normalized spacial score (nSPS) is 10.5. The van der Waals surface area contributed by atoms with Gasteiger partial charge in [-0.05, 0) is 24.6 Å². The summed E-state index contributed by atoms with van der Waals surface area (Å²) in [6, 6.07) is 7.29. The van der Waals surface area contributed by atoms with E-state index in [1.807, 2.05) is 0 Å². The fourth-order valence-electron chi connectivity index (χ4n) is 2.22. The molecule has 0 atom stereocenters. The zero-order chi connectivity index (χ0) is 16.4. The molecule has 0 fully saturated rings. The van der Waals surface area contributed by atoms with Crippen LogP contribution in [0.15, 0.2) is 30.3 Å². The van der Waals surface area contributed by atoms with Gasteiger partial charge >= 0.3 is 0 Å². The van der Waals surface area contributed by atoms with Crippen molar-refractivity contribution in [2.75, 3.05) is 0 Å². The predicted molar refractivity (Wildman–Crippen MR) is 83.8 cm³/mol. The summed E-state index contributed by atoms with van der Waals surface area (Å²) < 4.78 is 0. The van der Waals surface area contributed by atoms with E-state index >= 15 is 0 Å². The number of halogens is 2. The Bertz CT molecular complexity index is 778. The molecule has 2 aromatic carbocycles. The maximum atomic E-state index is 11.2. The van der Waals surface area contributed by atoms with Crippen LogP contribution in [0, 0.1) is 27.2 Å². The lowest BCUT2D eigenvalue weighted by atomic mass is 9.98. The van der Waals surface area contributed by atoms with Gasteiger partial charge in [0.15, 0.2) is 0 Å². The third-order valence-electron chi connectivity index (χ3n) is 3.33. The van der Waals surface area contributed by atoms with Crippen molar-refractivity contribution in [2.24, 2.45) is 0 Å². The van der Waals surface area contributed by atoms with Crippen LogP contribution in [0.1, 0.15) is 16.7 Å². The Morgan fingerprint density at radius 2 is 1.68 bits per heavy atom. The molecule has 0 saturated carbocycles. The average Bonchev–Trinajstić information content (AvgIpc) is 2.42. The van der Waals surface area contributed by atoms with E-state index in [1.54, 1.807) is 19.1 Å². The molecule has 0 saturated heterocycles. The molecule has 0 N–H and O–H groups in total. The second-order valence-corrected chi connectivity index (χ2v) is 5.42. The molecule has 2 aromatic rings. The van der Waals surface area contributed by atoms with Crippen LogP contribution in [-0.4, -0.2) is 9.85 Å². The zero-order valence-electron chi connectivity index (χ0n) is 11.4. The second-order valence-electron chi connectivity index (χ2n) is 4.61. The third-order valence-corrected chi connectivity index (χ3v) is 3.99. The van der Waals surface area contributed by atoms with Crippen molar-refractivity contribution in [1.29, 1.82) is 0 Å². The monoisotopic (exact) mass is 340 g/mol. The average molecular weight is 341 g/mol. The molecule has 22 heavy (non-hydrogen) atoms. The number of hydrogen-bond donors (Lipinski definition) is 0. The SMILES string of the molecule is Cc1c([N+](=O)[O-])ccc(Cl)c1Cc1cccc(Cl)c1[N+](=O)[O-]. The Morgan fingerprint density at radius 1 is 1.00 bits per heavy atom. The molecule has 114 valence electrons. The molecule has 0 aliphatic rings. The highest BCUT2D eigenvalue weighted by Gasteiger charge is 2.22. The number of rotatable bonds is 4. The molecule has 0 aliphatic heterocycles. The van der Waals surface area contributed by atoms with E-state index in [9.17, 15) is 20.2 Å². The molecule has 0 heterocycles. The summed E-state index contributed by atoms with van der Waals surface area (Å²) in [5.74, 6) is 0. The molecule has 0 radical (unpaired) electrons. The Kier molecular flexibility index (Phi) is 4.63. The Hall–Kier alpha value is -2.18. The molecule has 2 rings (SSSR count). The molecule has 0 aliphatic carbocycles. The second kappa shape index (κ2) is 6.29. The van der Waals surface area contributed by atoms with Crippen molar-refractivity contribution in [2.45, 2.75) is 13.3 Å². The van der Waals surface area contributed by atoms with Crippen LogP contribution in [-0.2, 0) is 6.42 Å². The molecule has 0 spiro atoms. The van der Waals surface area contributed by atoms with Crippen molar-refractivity contribution < 1.29 is 9.85 Å². The highest BCUT2D eigenvalue weighted by Crippen LogP contribution is 2.34. The minimum absolute atomic E-state index is 0.0155. The third kappa shape index (κ3) is 3.03. The lowest BCUT2D eigenvalue weighted by Gasteiger charge is -2.10. The molecular formula is C14H10Cl2N2O4. The molecule has 0 unspecified atom stereocenters. The maximum absolute atomic E-state index is 11.2. The first-order valence-corrected chi connectivity index (χ1v) is 6.92. The summed E-state index contributed by atoms with van der Waals surface area (Å²) in [6.07, 6.45) is 0.0865. The van der Waals surface area contributed by atoms with Gasteiger partial charge in [0.05, 0.1) is 9.85 Å². The topological polar surface area (TPSA) is 86.3 Å². The molecule has 8 heteroatoms. The van der Waals surface area contributed by atoms with Crippen molar-refractivity contribution in [3.05, 3.63) is 77.3 Å². The minimum Gasteiger partial charge on any atom is -0.258 e.